The molecule has 0 aliphatic carbocycles. The van der Waals surface area contributed by atoms with Crippen LogP contribution in [0.25, 0.3) is 0 Å². The van der Waals surface area contributed by atoms with Crippen molar-refractivity contribution in [1.29, 1.82) is 0 Å². The molecule has 0 aromatic heterocycles. The number of nitrogens with one attached hydrogen (secondary N) is 1. The van der Waals surface area contributed by atoms with E-state index in [-0.39, 0.29) is 24.0 Å². The lowest BCUT2D eigenvalue weighted by molar-refractivity contribution is 0.201. The van der Waals surface area contributed by atoms with Gasteiger partial charge in [-0.25, -0.2) is 0 Å². The van der Waals surface area contributed by atoms with E-state index < -0.39 is 0 Å². The zero-order chi connectivity index (χ0) is 16.1. The zero-order valence-electron chi connectivity index (χ0n) is 15.0. The Morgan fingerprint density at radius 2 is 1.92 bits per heavy atom. The van der Waals surface area contributed by atoms with Gasteiger partial charge < -0.3 is 15.1 Å². The molecule has 2 heterocycles. The Balaban J connectivity index is 0.00000208. The minimum absolute atomic E-state index is 0. The lowest BCUT2D eigenvalue weighted by atomic mass is 10.1. The van der Waals surface area contributed by atoms with Gasteiger partial charge in [0.15, 0.2) is 5.96 Å². The van der Waals surface area contributed by atoms with Gasteiger partial charge in [0.2, 0.25) is 0 Å². The van der Waals surface area contributed by atoms with Crippen LogP contribution in [0.1, 0.15) is 31.7 Å². The molecule has 5 heteroatoms. The van der Waals surface area contributed by atoms with E-state index in [1.54, 1.807) is 0 Å². The van der Waals surface area contributed by atoms with Crippen LogP contribution in [0.15, 0.2) is 29.3 Å². The van der Waals surface area contributed by atoms with Gasteiger partial charge >= 0.3 is 0 Å². The van der Waals surface area contributed by atoms with Crippen LogP contribution in [-0.4, -0.2) is 50.6 Å². The molecule has 3 rings (SSSR count). The van der Waals surface area contributed by atoms with Crippen molar-refractivity contribution in [1.82, 2.24) is 10.2 Å². The maximum Gasteiger partial charge on any atom is 0.198 e. The van der Waals surface area contributed by atoms with E-state index >= 15 is 0 Å². The van der Waals surface area contributed by atoms with Crippen molar-refractivity contribution < 1.29 is 0 Å². The Kier molecular flexibility index (Phi) is 7.81. The molecule has 0 bridgehead atoms. The second-order valence-corrected chi connectivity index (χ2v) is 6.92. The molecular formula is C19H31IN4. The largest absolute Gasteiger partial charge is 0.356 e. The Labute approximate surface area is 163 Å². The predicted molar refractivity (Wildman–Crippen MR) is 114 cm³/mol. The molecule has 0 radical (unpaired) electrons. The summed E-state index contributed by atoms with van der Waals surface area (Å²) in [6.45, 7) is 8.10. The number of hydrogen-bond acceptors (Lipinski definition) is 2. The number of aliphatic imine (C=N–C) groups is 1. The average molecular weight is 442 g/mol. The molecule has 1 atom stereocenters. The summed E-state index contributed by atoms with van der Waals surface area (Å²) in [4.78, 5) is 9.44. The molecule has 0 amide bonds. The van der Waals surface area contributed by atoms with Crippen LogP contribution < -0.4 is 10.2 Å². The van der Waals surface area contributed by atoms with Gasteiger partial charge in [-0.15, -0.1) is 24.0 Å². The van der Waals surface area contributed by atoms with Gasteiger partial charge in [-0.3, -0.25) is 4.99 Å². The zero-order valence-corrected chi connectivity index (χ0v) is 17.3. The number of fused-ring (bicyclic) bond motifs is 1. The number of likely N-dealkylation sites (tertiary alicyclic amines) is 1. The van der Waals surface area contributed by atoms with Gasteiger partial charge in [-0.2, -0.15) is 0 Å². The van der Waals surface area contributed by atoms with E-state index in [0.717, 1.165) is 25.5 Å². The summed E-state index contributed by atoms with van der Waals surface area (Å²) in [6, 6.07) is 8.66. The van der Waals surface area contributed by atoms with Crippen LogP contribution in [0, 0.1) is 5.92 Å². The number of hydrogen-bond donors (Lipinski definition) is 1. The van der Waals surface area contributed by atoms with Crippen molar-refractivity contribution in [3.63, 3.8) is 0 Å². The van der Waals surface area contributed by atoms with Gasteiger partial charge in [0.25, 0.3) is 0 Å². The molecule has 1 saturated heterocycles. The number of nitrogens with zero attached hydrogens (tertiary/aromatic N) is 3. The normalized spacial score (nSPS) is 19.6. The quantitative estimate of drug-likeness (QED) is 0.441. The number of halogens is 1. The molecule has 1 unspecified atom stereocenters. The standard InChI is InChI=1S/C19H30N4.HI/c1-16(15-22-11-6-3-7-12-22)14-21-19(20-2)23-13-10-17-8-4-5-9-18(17)23;/h4-5,8-9,16H,3,6-7,10-15H2,1-2H3,(H,20,21);1H. The fourth-order valence-electron chi connectivity index (χ4n) is 3.77. The highest BCUT2D eigenvalue weighted by Gasteiger charge is 2.22. The summed E-state index contributed by atoms with van der Waals surface area (Å²) >= 11 is 0. The molecule has 1 N–H and O–H groups in total. The van der Waals surface area contributed by atoms with Crippen molar-refractivity contribution in [2.24, 2.45) is 10.9 Å². The molecule has 24 heavy (non-hydrogen) atoms. The first kappa shape index (κ1) is 19.5. The molecule has 1 fully saturated rings. The van der Waals surface area contributed by atoms with E-state index in [1.165, 1.54) is 50.1 Å². The van der Waals surface area contributed by atoms with Crippen molar-refractivity contribution in [2.45, 2.75) is 32.6 Å². The topological polar surface area (TPSA) is 30.9 Å². The highest BCUT2D eigenvalue weighted by atomic mass is 127. The smallest absolute Gasteiger partial charge is 0.198 e. The minimum atomic E-state index is 0. The van der Waals surface area contributed by atoms with Crippen LogP contribution in [0.3, 0.4) is 0 Å². The summed E-state index contributed by atoms with van der Waals surface area (Å²) in [5.74, 6) is 1.66. The fraction of sp³-hybridized carbons (Fsp3) is 0.632. The van der Waals surface area contributed by atoms with Crippen LogP contribution in [0.2, 0.25) is 0 Å². The summed E-state index contributed by atoms with van der Waals surface area (Å²) in [7, 11) is 1.89. The minimum Gasteiger partial charge on any atom is -0.356 e. The number of anilines is 1. The monoisotopic (exact) mass is 442 g/mol. The van der Waals surface area contributed by atoms with E-state index in [0.29, 0.717) is 5.92 Å². The third-order valence-electron chi connectivity index (χ3n) is 4.98. The molecule has 2 aliphatic rings. The Morgan fingerprint density at radius 1 is 1.17 bits per heavy atom. The summed E-state index contributed by atoms with van der Waals surface area (Å²) in [6.07, 6.45) is 5.25. The lowest BCUT2D eigenvalue weighted by Crippen LogP contribution is -2.44. The second-order valence-electron chi connectivity index (χ2n) is 6.92. The predicted octanol–water partition coefficient (Wildman–Crippen LogP) is 3.36. The number of rotatable bonds is 4. The second kappa shape index (κ2) is 9.61. The van der Waals surface area contributed by atoms with Gasteiger partial charge in [-0.1, -0.05) is 31.5 Å². The maximum absolute atomic E-state index is 4.51. The number of piperidine rings is 1. The van der Waals surface area contributed by atoms with E-state index in [9.17, 15) is 0 Å². The van der Waals surface area contributed by atoms with E-state index in [1.807, 2.05) is 7.05 Å². The summed E-state index contributed by atoms with van der Waals surface area (Å²) in [5, 5.41) is 3.59. The highest BCUT2D eigenvalue weighted by molar-refractivity contribution is 14.0. The van der Waals surface area contributed by atoms with E-state index in [4.69, 9.17) is 0 Å². The van der Waals surface area contributed by atoms with Crippen LogP contribution in [0.5, 0.6) is 0 Å². The Hall–Kier alpha value is -0.820. The van der Waals surface area contributed by atoms with Gasteiger partial charge in [-0.05, 0) is 49.9 Å². The summed E-state index contributed by atoms with van der Waals surface area (Å²) in [5.41, 5.74) is 2.74. The molecule has 1 aromatic carbocycles. The van der Waals surface area contributed by atoms with Crippen molar-refractivity contribution >= 4 is 35.6 Å². The third kappa shape index (κ3) is 4.85. The van der Waals surface area contributed by atoms with Crippen LogP contribution >= 0.6 is 24.0 Å². The fourth-order valence-corrected chi connectivity index (χ4v) is 3.77. The Bertz CT molecular complexity index is 540. The molecule has 0 spiro atoms. The molecule has 1 aromatic rings. The van der Waals surface area contributed by atoms with Crippen molar-refractivity contribution in [2.75, 3.05) is 44.7 Å². The SMILES string of the molecule is CN=C(NCC(C)CN1CCCCC1)N1CCc2ccccc21.I. The Morgan fingerprint density at radius 3 is 2.67 bits per heavy atom. The molecule has 134 valence electrons. The molecule has 2 aliphatic heterocycles. The number of para-hydroxylation sites is 1. The van der Waals surface area contributed by atoms with Gasteiger partial charge in [0, 0.05) is 32.4 Å². The van der Waals surface area contributed by atoms with Crippen molar-refractivity contribution in [3.05, 3.63) is 29.8 Å². The van der Waals surface area contributed by atoms with Gasteiger partial charge in [0.05, 0.1) is 0 Å². The molecular weight excluding hydrogens is 411 g/mol. The van der Waals surface area contributed by atoms with Crippen LogP contribution in [-0.2, 0) is 6.42 Å². The third-order valence-corrected chi connectivity index (χ3v) is 4.98. The van der Waals surface area contributed by atoms with Crippen molar-refractivity contribution in [3.8, 4) is 0 Å². The maximum atomic E-state index is 4.51. The van der Waals surface area contributed by atoms with Crippen LogP contribution in [0.4, 0.5) is 5.69 Å². The first-order valence-corrected chi connectivity index (χ1v) is 9.06. The average Bonchev–Trinajstić information content (AvgIpc) is 3.01. The number of benzene rings is 1. The van der Waals surface area contributed by atoms with E-state index in [2.05, 4.69) is 51.3 Å². The summed E-state index contributed by atoms with van der Waals surface area (Å²) < 4.78 is 0. The molecule has 4 nitrogen and oxygen atoms in total. The molecule has 0 saturated carbocycles. The first-order chi connectivity index (χ1) is 11.3. The first-order valence-electron chi connectivity index (χ1n) is 9.06. The highest BCUT2D eigenvalue weighted by Crippen LogP contribution is 2.27. The van der Waals surface area contributed by atoms with Gasteiger partial charge in [0.1, 0.15) is 0 Å². The lowest BCUT2D eigenvalue weighted by Gasteiger charge is -2.30. The number of guanidine groups is 1.